The molecule has 0 radical (unpaired) electrons. The summed E-state index contributed by atoms with van der Waals surface area (Å²) in [4.78, 5) is 30.9. The van der Waals surface area contributed by atoms with Gasteiger partial charge in [0.2, 0.25) is 5.91 Å². The number of carbonyl (C=O) groups excluding carboxylic acids is 2. The average Bonchev–Trinajstić information content (AvgIpc) is 3.16. The summed E-state index contributed by atoms with van der Waals surface area (Å²) in [6.45, 7) is 1.47. The lowest BCUT2D eigenvalue weighted by Gasteiger charge is -2.18. The first kappa shape index (κ1) is 22.3. The fraction of sp³-hybridized carbons (Fsp3) is 0.190. The van der Waals surface area contributed by atoms with E-state index in [0.29, 0.717) is 27.3 Å². The van der Waals surface area contributed by atoms with Gasteiger partial charge in [0.1, 0.15) is 12.4 Å². The number of hydrogen-bond acceptors (Lipinski definition) is 6. The Morgan fingerprint density at radius 1 is 1.23 bits per heavy atom. The molecule has 0 saturated heterocycles. The summed E-state index contributed by atoms with van der Waals surface area (Å²) in [5.41, 5.74) is 1.17. The van der Waals surface area contributed by atoms with Gasteiger partial charge in [-0.1, -0.05) is 17.7 Å². The molecule has 9 heteroatoms. The van der Waals surface area contributed by atoms with E-state index in [9.17, 15) is 14.0 Å². The molecule has 1 aromatic heterocycles. The minimum atomic E-state index is -0.350. The number of thioether (sulfide) groups is 1. The standard InChI is InChI=1S/C21H18ClFN2O3S2/c1-14(26)25(18-4-2-3-15(22)11-18)21-24-17(13-30-21)12-28-20(27)9-10-29-19-7-5-16(23)6-8-19/h2-8,11,13H,9-10,12H2,1H3. The number of ether oxygens (including phenoxy) is 1. The second kappa shape index (κ2) is 10.6. The van der Waals surface area contributed by atoms with Crippen LogP contribution >= 0.6 is 34.7 Å². The van der Waals surface area contributed by atoms with Crippen LogP contribution in [-0.4, -0.2) is 22.6 Å². The molecule has 0 aliphatic rings. The van der Waals surface area contributed by atoms with Crippen LogP contribution in [0.5, 0.6) is 0 Å². The van der Waals surface area contributed by atoms with Gasteiger partial charge in [-0.05, 0) is 42.5 Å². The fourth-order valence-corrected chi connectivity index (χ4v) is 4.41. The van der Waals surface area contributed by atoms with Gasteiger partial charge in [0.25, 0.3) is 0 Å². The molecule has 0 aliphatic carbocycles. The zero-order valence-corrected chi connectivity index (χ0v) is 18.4. The normalized spacial score (nSPS) is 10.6. The van der Waals surface area contributed by atoms with Crippen LogP contribution in [-0.2, 0) is 20.9 Å². The predicted molar refractivity (Wildman–Crippen MR) is 118 cm³/mol. The summed E-state index contributed by atoms with van der Waals surface area (Å²) in [5.74, 6) is -0.315. The molecule has 0 fully saturated rings. The third kappa shape index (κ3) is 6.29. The van der Waals surface area contributed by atoms with Crippen molar-refractivity contribution in [2.45, 2.75) is 24.8 Å². The highest BCUT2D eigenvalue weighted by Crippen LogP contribution is 2.30. The van der Waals surface area contributed by atoms with Crippen molar-refractivity contribution in [3.8, 4) is 0 Å². The smallest absolute Gasteiger partial charge is 0.307 e. The third-order valence-electron chi connectivity index (χ3n) is 3.88. The van der Waals surface area contributed by atoms with Gasteiger partial charge in [0, 0.05) is 28.0 Å². The quantitative estimate of drug-likeness (QED) is 0.309. The first-order valence-electron chi connectivity index (χ1n) is 8.97. The lowest BCUT2D eigenvalue weighted by atomic mass is 10.3. The van der Waals surface area contributed by atoms with Crippen LogP contribution in [0.15, 0.2) is 58.8 Å². The number of rotatable bonds is 8. The zero-order valence-electron chi connectivity index (χ0n) is 16.0. The van der Waals surface area contributed by atoms with E-state index >= 15 is 0 Å². The van der Waals surface area contributed by atoms with Gasteiger partial charge in [-0.3, -0.25) is 14.5 Å². The maximum absolute atomic E-state index is 12.9. The molecule has 0 bridgehead atoms. The summed E-state index contributed by atoms with van der Waals surface area (Å²) in [6, 6.07) is 13.0. The number of esters is 1. The molecule has 2 aromatic carbocycles. The number of amides is 1. The molecule has 0 N–H and O–H groups in total. The number of hydrogen-bond donors (Lipinski definition) is 0. The Morgan fingerprint density at radius 3 is 2.70 bits per heavy atom. The Bertz CT molecular complexity index is 1030. The zero-order chi connectivity index (χ0) is 21.5. The van der Waals surface area contributed by atoms with E-state index in [-0.39, 0.29) is 30.7 Å². The number of benzene rings is 2. The largest absolute Gasteiger partial charge is 0.459 e. The van der Waals surface area contributed by atoms with Gasteiger partial charge in [0.15, 0.2) is 5.13 Å². The lowest BCUT2D eigenvalue weighted by Crippen LogP contribution is -2.22. The van der Waals surface area contributed by atoms with Gasteiger partial charge in [-0.2, -0.15) is 0 Å². The summed E-state index contributed by atoms with van der Waals surface area (Å²) in [5, 5.41) is 2.74. The highest BCUT2D eigenvalue weighted by molar-refractivity contribution is 7.99. The first-order valence-corrected chi connectivity index (χ1v) is 11.2. The number of halogens is 2. The number of anilines is 2. The van der Waals surface area contributed by atoms with Crippen molar-refractivity contribution in [3.63, 3.8) is 0 Å². The predicted octanol–water partition coefficient (Wildman–Crippen LogP) is 5.85. The minimum absolute atomic E-state index is 0.0256. The Kier molecular flexibility index (Phi) is 7.84. The van der Waals surface area contributed by atoms with Crippen molar-refractivity contribution in [1.82, 2.24) is 4.98 Å². The maximum atomic E-state index is 12.9. The Balaban J connectivity index is 1.52. The van der Waals surface area contributed by atoms with E-state index < -0.39 is 0 Å². The van der Waals surface area contributed by atoms with E-state index in [1.807, 2.05) is 0 Å². The molecule has 0 unspecified atom stereocenters. The average molecular weight is 465 g/mol. The second-order valence-corrected chi connectivity index (χ2v) is 8.61. The van der Waals surface area contributed by atoms with Crippen molar-refractivity contribution in [1.29, 1.82) is 0 Å². The van der Waals surface area contributed by atoms with Crippen LogP contribution in [0.3, 0.4) is 0 Å². The van der Waals surface area contributed by atoms with E-state index in [4.69, 9.17) is 16.3 Å². The van der Waals surface area contributed by atoms with E-state index in [1.54, 1.807) is 41.8 Å². The molecule has 1 amide bonds. The van der Waals surface area contributed by atoms with Crippen LogP contribution in [0, 0.1) is 5.82 Å². The first-order chi connectivity index (χ1) is 14.4. The lowest BCUT2D eigenvalue weighted by molar-refractivity contribution is -0.144. The van der Waals surface area contributed by atoms with Crippen LogP contribution in [0.4, 0.5) is 15.2 Å². The van der Waals surface area contributed by atoms with Crippen LogP contribution in [0.1, 0.15) is 19.0 Å². The van der Waals surface area contributed by atoms with Gasteiger partial charge >= 0.3 is 5.97 Å². The summed E-state index contributed by atoms with van der Waals surface area (Å²) < 4.78 is 18.2. The summed E-state index contributed by atoms with van der Waals surface area (Å²) in [7, 11) is 0. The molecular formula is C21H18ClFN2O3S2. The van der Waals surface area contributed by atoms with Crippen molar-refractivity contribution >= 4 is 57.4 Å². The van der Waals surface area contributed by atoms with Crippen molar-refractivity contribution in [2.75, 3.05) is 10.7 Å². The highest BCUT2D eigenvalue weighted by atomic mass is 35.5. The Hall–Kier alpha value is -2.42. The van der Waals surface area contributed by atoms with E-state index in [1.165, 1.54) is 47.1 Å². The number of aromatic nitrogens is 1. The maximum Gasteiger partial charge on any atom is 0.307 e. The highest BCUT2D eigenvalue weighted by Gasteiger charge is 2.18. The molecule has 0 atom stereocenters. The van der Waals surface area contributed by atoms with Gasteiger partial charge < -0.3 is 4.74 Å². The molecule has 0 aliphatic heterocycles. The second-order valence-electron chi connectivity index (χ2n) is 6.17. The topological polar surface area (TPSA) is 59.5 Å². The SMILES string of the molecule is CC(=O)N(c1cccc(Cl)c1)c1nc(COC(=O)CCSc2ccc(F)cc2)cs1. The fourth-order valence-electron chi connectivity index (χ4n) is 2.52. The molecule has 156 valence electrons. The number of nitrogens with zero attached hydrogens (tertiary/aromatic N) is 2. The van der Waals surface area contributed by atoms with Crippen molar-refractivity contribution in [2.24, 2.45) is 0 Å². The monoisotopic (exact) mass is 464 g/mol. The molecule has 3 aromatic rings. The van der Waals surface area contributed by atoms with E-state index in [0.717, 1.165) is 4.90 Å². The van der Waals surface area contributed by atoms with Gasteiger partial charge in [0.05, 0.1) is 17.8 Å². The number of carbonyl (C=O) groups is 2. The molecule has 0 saturated carbocycles. The molecular weight excluding hydrogens is 447 g/mol. The third-order valence-corrected chi connectivity index (χ3v) is 6.01. The Morgan fingerprint density at radius 2 is 2.00 bits per heavy atom. The number of thiazole rings is 1. The van der Waals surface area contributed by atoms with Crippen LogP contribution in [0.2, 0.25) is 5.02 Å². The van der Waals surface area contributed by atoms with Crippen molar-refractivity contribution < 1.29 is 18.7 Å². The molecule has 0 spiro atoms. The molecule has 1 heterocycles. The van der Waals surface area contributed by atoms with Crippen molar-refractivity contribution in [3.05, 3.63) is 70.4 Å². The van der Waals surface area contributed by atoms with Crippen LogP contribution < -0.4 is 4.90 Å². The van der Waals surface area contributed by atoms with Gasteiger partial charge in [-0.15, -0.1) is 23.1 Å². The molecule has 5 nitrogen and oxygen atoms in total. The molecule has 3 rings (SSSR count). The van der Waals surface area contributed by atoms with E-state index in [2.05, 4.69) is 4.98 Å². The van der Waals surface area contributed by atoms with Gasteiger partial charge in [-0.25, -0.2) is 9.37 Å². The minimum Gasteiger partial charge on any atom is -0.459 e. The summed E-state index contributed by atoms with van der Waals surface area (Å²) >= 11 is 8.76. The Labute approximate surface area is 186 Å². The summed E-state index contributed by atoms with van der Waals surface area (Å²) in [6.07, 6.45) is 0.223. The van der Waals surface area contributed by atoms with Crippen LogP contribution in [0.25, 0.3) is 0 Å². The molecule has 30 heavy (non-hydrogen) atoms.